The number of rotatable bonds is 1. The molecule has 5 heteroatoms. The predicted molar refractivity (Wildman–Crippen MR) is 79.3 cm³/mol. The highest BCUT2D eigenvalue weighted by Gasteiger charge is 2.24. The Balaban J connectivity index is 2.01. The molecule has 1 unspecified atom stereocenters. The lowest BCUT2D eigenvalue weighted by molar-refractivity contribution is 0.0500. The van der Waals surface area contributed by atoms with Crippen LogP contribution in [0.3, 0.4) is 0 Å². The highest BCUT2D eigenvalue weighted by molar-refractivity contribution is 9.10. The van der Waals surface area contributed by atoms with Crippen molar-refractivity contribution in [2.45, 2.75) is 51.7 Å². The first kappa shape index (κ1) is 15.3. The first-order valence-electron chi connectivity index (χ1n) is 6.71. The number of carbonyl (C=O) groups is 1. The van der Waals surface area contributed by atoms with Gasteiger partial charge in [-0.3, -0.25) is 0 Å². The van der Waals surface area contributed by atoms with E-state index >= 15 is 0 Å². The van der Waals surface area contributed by atoms with E-state index in [1.807, 2.05) is 20.8 Å². The maximum absolute atomic E-state index is 13.5. The summed E-state index contributed by atoms with van der Waals surface area (Å²) >= 11 is 3.20. The Morgan fingerprint density at radius 2 is 2.10 bits per heavy atom. The zero-order chi connectivity index (χ0) is 14.9. The Morgan fingerprint density at radius 3 is 2.75 bits per heavy atom. The number of carbonyl (C=O) groups excluding carboxylic acids is 1. The van der Waals surface area contributed by atoms with Crippen LogP contribution < -0.4 is 5.32 Å². The smallest absolute Gasteiger partial charge is 0.407 e. The quantitative estimate of drug-likeness (QED) is 0.837. The standard InChI is InChI=1S/C15H19BrFNO2/c1-15(2,3)20-14(19)18-11-5-4-9-8-13(17)12(16)7-10(9)6-11/h7-8,11H,4-6H2,1-3H3,(H,18,19). The Bertz CT molecular complexity index is 525. The topological polar surface area (TPSA) is 38.3 Å². The summed E-state index contributed by atoms with van der Waals surface area (Å²) in [5.74, 6) is -0.234. The molecule has 1 N–H and O–H groups in total. The van der Waals surface area contributed by atoms with Gasteiger partial charge in [-0.1, -0.05) is 0 Å². The molecular weight excluding hydrogens is 325 g/mol. The number of amides is 1. The number of nitrogens with one attached hydrogen (secondary N) is 1. The maximum Gasteiger partial charge on any atom is 0.407 e. The summed E-state index contributed by atoms with van der Waals surface area (Å²) < 4.78 is 19.2. The molecule has 110 valence electrons. The molecular formula is C15H19BrFNO2. The molecule has 0 spiro atoms. The third kappa shape index (κ3) is 3.95. The SMILES string of the molecule is CC(C)(C)OC(=O)NC1CCc2cc(F)c(Br)cc2C1. The van der Waals surface area contributed by atoms with E-state index in [4.69, 9.17) is 4.74 Å². The molecule has 1 aromatic rings. The number of aryl methyl sites for hydroxylation is 1. The normalized spacial score (nSPS) is 18.4. The Morgan fingerprint density at radius 1 is 1.40 bits per heavy atom. The van der Waals surface area contributed by atoms with E-state index < -0.39 is 11.7 Å². The molecule has 1 aliphatic rings. The van der Waals surface area contributed by atoms with Gasteiger partial charge in [0.05, 0.1) is 4.47 Å². The van der Waals surface area contributed by atoms with Crippen molar-refractivity contribution >= 4 is 22.0 Å². The zero-order valence-electron chi connectivity index (χ0n) is 11.9. The lowest BCUT2D eigenvalue weighted by Crippen LogP contribution is -2.41. The lowest BCUT2D eigenvalue weighted by Gasteiger charge is -2.27. The Labute approximate surface area is 127 Å². The fraction of sp³-hybridized carbons (Fsp3) is 0.533. The van der Waals surface area contributed by atoms with Crippen LogP contribution in [-0.4, -0.2) is 17.7 Å². The third-order valence-electron chi connectivity index (χ3n) is 3.19. The first-order chi connectivity index (χ1) is 9.24. The van der Waals surface area contributed by atoms with Crippen molar-refractivity contribution in [3.63, 3.8) is 0 Å². The van der Waals surface area contributed by atoms with Crippen molar-refractivity contribution in [3.8, 4) is 0 Å². The van der Waals surface area contributed by atoms with Gasteiger partial charge in [0.15, 0.2) is 0 Å². The fourth-order valence-electron chi connectivity index (χ4n) is 2.35. The molecule has 0 aromatic heterocycles. The van der Waals surface area contributed by atoms with Crippen LogP contribution in [0.25, 0.3) is 0 Å². The van der Waals surface area contributed by atoms with E-state index in [0.29, 0.717) is 10.9 Å². The van der Waals surface area contributed by atoms with Crippen molar-refractivity contribution < 1.29 is 13.9 Å². The van der Waals surface area contributed by atoms with Gasteiger partial charge >= 0.3 is 6.09 Å². The van der Waals surface area contributed by atoms with Gasteiger partial charge in [-0.25, -0.2) is 9.18 Å². The van der Waals surface area contributed by atoms with Crippen molar-refractivity contribution in [1.29, 1.82) is 0 Å². The molecule has 3 nitrogen and oxygen atoms in total. The molecule has 1 atom stereocenters. The summed E-state index contributed by atoms with van der Waals surface area (Å²) in [6, 6.07) is 3.41. The van der Waals surface area contributed by atoms with E-state index in [2.05, 4.69) is 21.2 Å². The second-order valence-electron chi connectivity index (χ2n) is 6.12. The molecule has 0 fully saturated rings. The predicted octanol–water partition coefficient (Wildman–Crippen LogP) is 3.97. The van der Waals surface area contributed by atoms with Crippen LogP contribution >= 0.6 is 15.9 Å². The van der Waals surface area contributed by atoms with Gasteiger partial charge in [0.1, 0.15) is 11.4 Å². The number of hydrogen-bond donors (Lipinski definition) is 1. The summed E-state index contributed by atoms with van der Waals surface area (Å²) in [6.07, 6.45) is 1.87. The van der Waals surface area contributed by atoms with E-state index in [0.717, 1.165) is 24.0 Å². The molecule has 2 rings (SSSR count). The second-order valence-corrected chi connectivity index (χ2v) is 6.98. The van der Waals surface area contributed by atoms with Gasteiger partial charge in [-0.2, -0.15) is 0 Å². The maximum atomic E-state index is 13.5. The molecule has 0 saturated heterocycles. The average molecular weight is 344 g/mol. The molecule has 0 radical (unpaired) electrons. The minimum Gasteiger partial charge on any atom is -0.444 e. The molecule has 20 heavy (non-hydrogen) atoms. The number of alkyl carbamates (subject to hydrolysis) is 1. The van der Waals surface area contributed by atoms with Crippen molar-refractivity contribution in [2.75, 3.05) is 0 Å². The van der Waals surface area contributed by atoms with Crippen LogP contribution in [-0.2, 0) is 17.6 Å². The molecule has 0 bridgehead atoms. The summed E-state index contributed by atoms with van der Waals surface area (Å²) in [5.41, 5.74) is 1.60. The van der Waals surface area contributed by atoms with E-state index in [1.54, 1.807) is 12.1 Å². The van der Waals surface area contributed by atoms with Crippen LogP contribution in [0.1, 0.15) is 38.3 Å². The third-order valence-corrected chi connectivity index (χ3v) is 3.80. The van der Waals surface area contributed by atoms with Gasteiger partial charge < -0.3 is 10.1 Å². The van der Waals surface area contributed by atoms with Crippen LogP contribution in [0.15, 0.2) is 16.6 Å². The summed E-state index contributed by atoms with van der Waals surface area (Å²) in [4.78, 5) is 11.8. The molecule has 1 aliphatic carbocycles. The monoisotopic (exact) mass is 343 g/mol. The number of halogens is 2. The number of ether oxygens (including phenoxy) is 1. The van der Waals surface area contributed by atoms with Gasteiger partial charge in [-0.15, -0.1) is 0 Å². The van der Waals surface area contributed by atoms with Crippen LogP contribution in [0, 0.1) is 5.82 Å². The highest BCUT2D eigenvalue weighted by Crippen LogP contribution is 2.27. The van der Waals surface area contributed by atoms with E-state index in [9.17, 15) is 9.18 Å². The number of benzene rings is 1. The van der Waals surface area contributed by atoms with E-state index in [-0.39, 0.29) is 11.9 Å². The first-order valence-corrected chi connectivity index (χ1v) is 7.50. The molecule has 0 heterocycles. The van der Waals surface area contributed by atoms with Crippen LogP contribution in [0.5, 0.6) is 0 Å². The second kappa shape index (κ2) is 5.72. The van der Waals surface area contributed by atoms with Gasteiger partial charge in [-0.05, 0) is 79.2 Å². The largest absolute Gasteiger partial charge is 0.444 e. The minimum absolute atomic E-state index is 0.0368. The zero-order valence-corrected chi connectivity index (χ0v) is 13.5. The fourth-order valence-corrected chi connectivity index (χ4v) is 2.74. The van der Waals surface area contributed by atoms with Gasteiger partial charge in [0.2, 0.25) is 0 Å². The summed E-state index contributed by atoms with van der Waals surface area (Å²) in [5, 5.41) is 2.88. The van der Waals surface area contributed by atoms with E-state index in [1.165, 1.54) is 0 Å². The lowest BCUT2D eigenvalue weighted by atomic mass is 9.88. The van der Waals surface area contributed by atoms with Crippen LogP contribution in [0.4, 0.5) is 9.18 Å². The van der Waals surface area contributed by atoms with Crippen molar-refractivity contribution in [2.24, 2.45) is 0 Å². The van der Waals surface area contributed by atoms with Crippen LogP contribution in [0.2, 0.25) is 0 Å². The van der Waals surface area contributed by atoms with Crippen molar-refractivity contribution in [3.05, 3.63) is 33.5 Å². The Hall–Kier alpha value is -1.10. The molecule has 0 saturated carbocycles. The molecule has 1 aromatic carbocycles. The summed E-state index contributed by atoms with van der Waals surface area (Å²) in [7, 11) is 0. The molecule has 1 amide bonds. The van der Waals surface area contributed by atoms with Gasteiger partial charge in [0, 0.05) is 6.04 Å². The highest BCUT2D eigenvalue weighted by atomic mass is 79.9. The minimum atomic E-state index is -0.497. The molecule has 0 aliphatic heterocycles. The Kier molecular flexibility index (Phi) is 4.37. The van der Waals surface area contributed by atoms with Crippen molar-refractivity contribution in [1.82, 2.24) is 5.32 Å². The average Bonchev–Trinajstić information content (AvgIpc) is 2.28. The van der Waals surface area contributed by atoms with Gasteiger partial charge in [0.25, 0.3) is 0 Å². The summed E-state index contributed by atoms with van der Waals surface area (Å²) in [6.45, 7) is 5.51. The number of fused-ring (bicyclic) bond motifs is 1. The number of hydrogen-bond acceptors (Lipinski definition) is 2.